The Kier molecular flexibility index (Phi) is 4.00. The number of rotatable bonds is 4. The lowest BCUT2D eigenvalue weighted by molar-refractivity contribution is 0.381. The molecular weight excluding hydrogens is 194 g/mol. The fourth-order valence-corrected chi connectivity index (χ4v) is 2.67. The van der Waals surface area contributed by atoms with Gasteiger partial charge in [0, 0.05) is 12.6 Å². The van der Waals surface area contributed by atoms with Gasteiger partial charge in [-0.1, -0.05) is 44.2 Å². The predicted octanol–water partition coefficient (Wildman–Crippen LogP) is 3.60. The lowest BCUT2D eigenvalue weighted by atomic mass is 9.94. The second-order valence-corrected chi connectivity index (χ2v) is 5.38. The minimum Gasteiger partial charge on any atom is -0.310 e. The molecule has 0 amide bonds. The number of hydrogen-bond donors (Lipinski definition) is 1. The van der Waals surface area contributed by atoms with Crippen molar-refractivity contribution >= 4 is 0 Å². The first-order valence-corrected chi connectivity index (χ1v) is 6.53. The van der Waals surface area contributed by atoms with E-state index in [4.69, 9.17) is 0 Å². The van der Waals surface area contributed by atoms with Gasteiger partial charge in [0.25, 0.3) is 0 Å². The quantitative estimate of drug-likeness (QED) is 0.812. The van der Waals surface area contributed by atoms with Crippen LogP contribution in [0.2, 0.25) is 0 Å². The molecule has 2 rings (SSSR count). The Balaban J connectivity index is 1.76. The van der Waals surface area contributed by atoms with E-state index in [1.807, 2.05) is 0 Å². The van der Waals surface area contributed by atoms with E-state index >= 15 is 0 Å². The maximum Gasteiger partial charge on any atom is 0.0208 e. The number of hydrogen-bond acceptors (Lipinski definition) is 1. The van der Waals surface area contributed by atoms with Gasteiger partial charge >= 0.3 is 0 Å². The van der Waals surface area contributed by atoms with E-state index in [0.29, 0.717) is 0 Å². The maximum atomic E-state index is 3.68. The van der Waals surface area contributed by atoms with E-state index in [2.05, 4.69) is 49.5 Å². The van der Waals surface area contributed by atoms with Gasteiger partial charge < -0.3 is 5.32 Å². The second kappa shape index (κ2) is 5.49. The first-order valence-electron chi connectivity index (χ1n) is 6.53. The van der Waals surface area contributed by atoms with Crippen molar-refractivity contribution in [2.75, 3.05) is 0 Å². The van der Waals surface area contributed by atoms with Crippen molar-refractivity contribution in [2.24, 2.45) is 11.8 Å². The van der Waals surface area contributed by atoms with Crippen LogP contribution in [0.4, 0.5) is 0 Å². The van der Waals surface area contributed by atoms with Crippen LogP contribution in [-0.4, -0.2) is 6.04 Å². The summed E-state index contributed by atoms with van der Waals surface area (Å²) in [6.07, 6.45) is 4.13. The Hall–Kier alpha value is -0.820. The van der Waals surface area contributed by atoms with Crippen LogP contribution in [0.25, 0.3) is 0 Å². The van der Waals surface area contributed by atoms with Crippen LogP contribution in [0.3, 0.4) is 0 Å². The molecule has 1 fully saturated rings. The van der Waals surface area contributed by atoms with E-state index in [1.165, 1.54) is 24.8 Å². The largest absolute Gasteiger partial charge is 0.310 e. The number of nitrogens with one attached hydrogen (secondary N) is 1. The molecule has 0 spiro atoms. The normalized spacial score (nSPS) is 25.2. The molecule has 16 heavy (non-hydrogen) atoms. The van der Waals surface area contributed by atoms with Crippen molar-refractivity contribution in [2.45, 2.75) is 45.7 Å². The summed E-state index contributed by atoms with van der Waals surface area (Å²) in [4.78, 5) is 0. The Morgan fingerprint density at radius 3 is 2.56 bits per heavy atom. The zero-order valence-electron chi connectivity index (χ0n) is 10.4. The molecule has 0 unspecified atom stereocenters. The second-order valence-electron chi connectivity index (χ2n) is 5.38. The fraction of sp³-hybridized carbons (Fsp3) is 0.600. The van der Waals surface area contributed by atoms with Gasteiger partial charge in [-0.05, 0) is 36.7 Å². The van der Waals surface area contributed by atoms with E-state index in [0.717, 1.165) is 24.4 Å². The average molecular weight is 217 g/mol. The smallest absolute Gasteiger partial charge is 0.0208 e. The first-order chi connectivity index (χ1) is 7.75. The minimum absolute atomic E-state index is 0.743. The summed E-state index contributed by atoms with van der Waals surface area (Å²) in [7, 11) is 0. The third kappa shape index (κ3) is 3.08. The van der Waals surface area contributed by atoms with Crippen LogP contribution in [-0.2, 0) is 6.54 Å². The molecule has 1 aromatic rings. The summed E-state index contributed by atoms with van der Waals surface area (Å²) in [5.74, 6) is 1.79. The summed E-state index contributed by atoms with van der Waals surface area (Å²) in [6, 6.07) is 11.4. The molecule has 0 radical (unpaired) electrons. The monoisotopic (exact) mass is 217 g/mol. The zero-order valence-corrected chi connectivity index (χ0v) is 10.4. The Bertz CT molecular complexity index is 304. The van der Waals surface area contributed by atoms with Crippen LogP contribution in [0.1, 0.15) is 38.7 Å². The highest BCUT2D eigenvalue weighted by molar-refractivity contribution is 5.14. The van der Waals surface area contributed by atoms with Gasteiger partial charge in [0.05, 0.1) is 0 Å². The van der Waals surface area contributed by atoms with Crippen molar-refractivity contribution in [3.05, 3.63) is 35.9 Å². The third-order valence-electron chi connectivity index (χ3n) is 3.85. The van der Waals surface area contributed by atoms with E-state index in [-0.39, 0.29) is 0 Å². The van der Waals surface area contributed by atoms with Crippen molar-refractivity contribution in [1.82, 2.24) is 5.32 Å². The third-order valence-corrected chi connectivity index (χ3v) is 3.85. The summed E-state index contributed by atoms with van der Waals surface area (Å²) in [5.41, 5.74) is 1.40. The van der Waals surface area contributed by atoms with Crippen molar-refractivity contribution in [3.8, 4) is 0 Å². The van der Waals surface area contributed by atoms with Crippen molar-refractivity contribution in [1.29, 1.82) is 0 Å². The van der Waals surface area contributed by atoms with Crippen LogP contribution < -0.4 is 5.32 Å². The molecule has 1 heteroatoms. The summed E-state index contributed by atoms with van der Waals surface area (Å²) in [5, 5.41) is 3.68. The van der Waals surface area contributed by atoms with Gasteiger partial charge in [-0.3, -0.25) is 0 Å². The predicted molar refractivity (Wildman–Crippen MR) is 69.2 cm³/mol. The lowest BCUT2D eigenvalue weighted by Gasteiger charge is -2.15. The SMILES string of the molecule is CC(C)[C@@H]1CC[C@H](NCc2ccccc2)C1. The average Bonchev–Trinajstić information content (AvgIpc) is 2.76. The highest BCUT2D eigenvalue weighted by atomic mass is 14.9. The molecule has 0 saturated heterocycles. The van der Waals surface area contributed by atoms with Crippen LogP contribution in [0.5, 0.6) is 0 Å². The number of benzene rings is 1. The maximum absolute atomic E-state index is 3.68. The Morgan fingerprint density at radius 2 is 1.94 bits per heavy atom. The van der Waals surface area contributed by atoms with Gasteiger partial charge in [0.15, 0.2) is 0 Å². The summed E-state index contributed by atoms with van der Waals surface area (Å²) >= 11 is 0. The fourth-order valence-electron chi connectivity index (χ4n) is 2.67. The first kappa shape index (κ1) is 11.7. The van der Waals surface area contributed by atoms with Crippen molar-refractivity contribution in [3.63, 3.8) is 0 Å². The molecule has 88 valence electrons. The van der Waals surface area contributed by atoms with Gasteiger partial charge in [-0.2, -0.15) is 0 Å². The van der Waals surface area contributed by atoms with Gasteiger partial charge in [-0.25, -0.2) is 0 Å². The molecule has 1 aliphatic rings. The van der Waals surface area contributed by atoms with Crippen LogP contribution in [0, 0.1) is 11.8 Å². The lowest BCUT2D eigenvalue weighted by Crippen LogP contribution is -2.26. The minimum atomic E-state index is 0.743. The standard InChI is InChI=1S/C15H23N/c1-12(2)14-8-9-15(10-14)16-11-13-6-4-3-5-7-13/h3-7,12,14-16H,8-11H2,1-2H3/t14-,15+/m1/s1. The van der Waals surface area contributed by atoms with Crippen molar-refractivity contribution < 1.29 is 0 Å². The molecule has 1 nitrogen and oxygen atoms in total. The molecule has 2 atom stereocenters. The highest BCUT2D eigenvalue weighted by Gasteiger charge is 2.25. The van der Waals surface area contributed by atoms with E-state index in [1.54, 1.807) is 0 Å². The topological polar surface area (TPSA) is 12.0 Å². The van der Waals surface area contributed by atoms with Crippen LogP contribution in [0.15, 0.2) is 30.3 Å². The molecule has 1 aliphatic carbocycles. The van der Waals surface area contributed by atoms with Gasteiger partial charge in [0.1, 0.15) is 0 Å². The molecule has 1 N–H and O–H groups in total. The molecule has 1 aromatic carbocycles. The molecular formula is C15H23N. The molecule has 1 saturated carbocycles. The summed E-state index contributed by atoms with van der Waals surface area (Å²) in [6.45, 7) is 5.73. The zero-order chi connectivity index (χ0) is 11.4. The molecule has 0 aromatic heterocycles. The molecule has 0 aliphatic heterocycles. The summed E-state index contributed by atoms with van der Waals surface area (Å²) < 4.78 is 0. The molecule has 0 heterocycles. The van der Waals surface area contributed by atoms with Gasteiger partial charge in [-0.15, -0.1) is 0 Å². The van der Waals surface area contributed by atoms with E-state index in [9.17, 15) is 0 Å². The molecule has 0 bridgehead atoms. The highest BCUT2D eigenvalue weighted by Crippen LogP contribution is 2.31. The Morgan fingerprint density at radius 1 is 1.19 bits per heavy atom. The Labute approximate surface area is 99.3 Å². The van der Waals surface area contributed by atoms with Gasteiger partial charge in [0.2, 0.25) is 0 Å². The van der Waals surface area contributed by atoms with E-state index < -0.39 is 0 Å². The van der Waals surface area contributed by atoms with Crippen LogP contribution >= 0.6 is 0 Å².